The highest BCUT2D eigenvalue weighted by Crippen LogP contribution is 2.36. The van der Waals surface area contributed by atoms with Crippen LogP contribution in [0, 0.1) is 23.4 Å². The second-order valence-corrected chi connectivity index (χ2v) is 9.03. The zero-order valence-electron chi connectivity index (χ0n) is 19.5. The number of allylic oxidation sites excluding steroid dienone is 2. The summed E-state index contributed by atoms with van der Waals surface area (Å²) >= 11 is 0. The van der Waals surface area contributed by atoms with Gasteiger partial charge in [-0.15, -0.1) is 6.58 Å². The van der Waals surface area contributed by atoms with Crippen molar-refractivity contribution in [1.82, 2.24) is 9.97 Å². The first-order valence-corrected chi connectivity index (χ1v) is 11.9. The Hall–Kier alpha value is -3.28. The van der Waals surface area contributed by atoms with Crippen LogP contribution in [0.2, 0.25) is 0 Å². The van der Waals surface area contributed by atoms with Crippen molar-refractivity contribution in [2.24, 2.45) is 5.92 Å². The maximum atomic E-state index is 14.7. The van der Waals surface area contributed by atoms with Crippen molar-refractivity contribution in [2.45, 2.75) is 51.1 Å². The molecule has 1 aliphatic rings. The topological polar surface area (TPSA) is 25.8 Å². The van der Waals surface area contributed by atoms with Gasteiger partial charge in [-0.25, -0.2) is 27.5 Å². The number of alkyl halides is 1. The van der Waals surface area contributed by atoms with E-state index in [0.29, 0.717) is 47.2 Å². The number of rotatable bonds is 8. The minimum Gasteiger partial charge on any atom is -0.246 e. The van der Waals surface area contributed by atoms with Gasteiger partial charge in [0.05, 0.1) is 5.56 Å². The largest absolute Gasteiger partial charge is 0.246 e. The van der Waals surface area contributed by atoms with E-state index in [1.54, 1.807) is 24.3 Å². The average molecular weight is 481 g/mol. The van der Waals surface area contributed by atoms with E-state index in [9.17, 15) is 17.6 Å². The van der Waals surface area contributed by atoms with Crippen molar-refractivity contribution in [2.75, 3.05) is 0 Å². The second kappa shape index (κ2) is 11.4. The zero-order chi connectivity index (χ0) is 24.8. The van der Waals surface area contributed by atoms with E-state index in [-0.39, 0.29) is 5.82 Å². The van der Waals surface area contributed by atoms with Crippen LogP contribution < -0.4 is 0 Å². The highest BCUT2D eigenvalue weighted by atomic mass is 19.1. The monoisotopic (exact) mass is 480 g/mol. The lowest BCUT2D eigenvalue weighted by molar-refractivity contribution is 0.375. The van der Waals surface area contributed by atoms with Crippen LogP contribution in [0.3, 0.4) is 0 Å². The number of nitrogens with zero attached hydrogens (tertiary/aromatic N) is 2. The molecule has 1 heterocycles. The molecule has 0 spiro atoms. The van der Waals surface area contributed by atoms with Gasteiger partial charge >= 0.3 is 0 Å². The van der Waals surface area contributed by atoms with E-state index in [0.717, 1.165) is 43.4 Å². The Bertz CT molecular complexity index is 1170. The van der Waals surface area contributed by atoms with Gasteiger partial charge in [0.15, 0.2) is 5.82 Å². The third-order valence-electron chi connectivity index (χ3n) is 6.75. The summed E-state index contributed by atoms with van der Waals surface area (Å²) in [5.74, 6) is -0.631. The summed E-state index contributed by atoms with van der Waals surface area (Å²) in [7, 11) is 0. The third-order valence-corrected chi connectivity index (χ3v) is 6.75. The number of aromatic nitrogens is 2. The molecular weight excluding hydrogens is 452 g/mol. The third kappa shape index (κ3) is 6.05. The molecule has 3 aromatic rings. The first-order chi connectivity index (χ1) is 17.0. The van der Waals surface area contributed by atoms with Gasteiger partial charge in [0.1, 0.15) is 24.1 Å². The Morgan fingerprint density at radius 2 is 1.60 bits per heavy atom. The van der Waals surface area contributed by atoms with Gasteiger partial charge in [-0.1, -0.05) is 30.4 Å². The summed E-state index contributed by atoms with van der Waals surface area (Å²) < 4.78 is 54.7. The van der Waals surface area contributed by atoms with Crippen LogP contribution in [0.5, 0.6) is 0 Å². The molecule has 35 heavy (non-hydrogen) atoms. The molecule has 2 aromatic carbocycles. The lowest BCUT2D eigenvalue weighted by Gasteiger charge is -2.26. The maximum Gasteiger partial charge on any atom is 0.159 e. The highest BCUT2D eigenvalue weighted by Gasteiger charge is 2.21. The molecule has 182 valence electrons. The highest BCUT2D eigenvalue weighted by molar-refractivity contribution is 5.56. The summed E-state index contributed by atoms with van der Waals surface area (Å²) in [5.41, 5.74) is 1.99. The summed E-state index contributed by atoms with van der Waals surface area (Å²) in [6.45, 7) is 2.70. The summed E-state index contributed by atoms with van der Waals surface area (Å²) in [4.78, 5) is 8.95. The van der Waals surface area contributed by atoms with E-state index in [1.807, 2.05) is 18.5 Å². The molecule has 4 rings (SSSR count). The predicted octanol–water partition coefficient (Wildman–Crippen LogP) is 8.14. The van der Waals surface area contributed by atoms with Crippen molar-refractivity contribution in [1.29, 1.82) is 0 Å². The Balaban J connectivity index is 1.35. The molecule has 0 saturated heterocycles. The average Bonchev–Trinajstić information content (AvgIpc) is 2.87. The number of aryl methyl sites for hydroxylation is 1. The van der Waals surface area contributed by atoms with Crippen LogP contribution in [-0.2, 0) is 13.1 Å². The SMILES string of the molecule is C=CC1CCC(c2cnc(-c3ccc(CC/C=C/c4cc(F)c(CF)c(F)c4)c(F)c3)nc2)CC1. The number of hydrogen-bond acceptors (Lipinski definition) is 2. The van der Waals surface area contributed by atoms with Gasteiger partial charge in [0.2, 0.25) is 0 Å². The first kappa shape index (κ1) is 24.8. The Morgan fingerprint density at radius 1 is 0.914 bits per heavy atom. The number of hydrogen-bond donors (Lipinski definition) is 0. The van der Waals surface area contributed by atoms with Gasteiger partial charge < -0.3 is 0 Å². The molecular formula is C29H28F4N2. The van der Waals surface area contributed by atoms with Gasteiger partial charge in [0.25, 0.3) is 0 Å². The molecule has 1 aromatic heterocycles. The Kier molecular flexibility index (Phi) is 8.11. The minimum atomic E-state index is -1.19. The normalized spacial score (nSPS) is 18.2. The Labute approximate surface area is 203 Å². The van der Waals surface area contributed by atoms with Crippen LogP contribution >= 0.6 is 0 Å². The van der Waals surface area contributed by atoms with Crippen molar-refractivity contribution in [3.63, 3.8) is 0 Å². The zero-order valence-corrected chi connectivity index (χ0v) is 19.5. The standard InChI is InChI=1S/C29H28F4N2/c1-2-19-7-9-21(10-8-19)24-17-34-29(35-18-24)23-12-11-22(26(31)15-23)6-4-3-5-20-13-27(32)25(16-30)28(33)14-20/h2-3,5,11-15,17-19,21H,1,4,6-10,16H2/b5-3+. The fourth-order valence-electron chi connectivity index (χ4n) is 4.58. The van der Waals surface area contributed by atoms with Crippen LogP contribution in [0.25, 0.3) is 17.5 Å². The predicted molar refractivity (Wildman–Crippen MR) is 131 cm³/mol. The van der Waals surface area contributed by atoms with Crippen LogP contribution in [0.1, 0.15) is 60.3 Å². The van der Waals surface area contributed by atoms with Crippen molar-refractivity contribution in [3.05, 3.63) is 101 Å². The van der Waals surface area contributed by atoms with Crippen LogP contribution in [0.15, 0.2) is 61.5 Å². The molecule has 0 atom stereocenters. The molecule has 0 bridgehead atoms. The van der Waals surface area contributed by atoms with E-state index in [1.165, 1.54) is 6.07 Å². The molecule has 6 heteroatoms. The first-order valence-electron chi connectivity index (χ1n) is 11.9. The quantitative estimate of drug-likeness (QED) is 0.240. The maximum absolute atomic E-state index is 14.7. The summed E-state index contributed by atoms with van der Waals surface area (Å²) in [6, 6.07) is 7.11. The molecule has 0 aliphatic heterocycles. The lowest BCUT2D eigenvalue weighted by atomic mass is 9.79. The van der Waals surface area contributed by atoms with E-state index in [2.05, 4.69) is 16.5 Å². The number of halogens is 4. The van der Waals surface area contributed by atoms with Crippen LogP contribution in [0.4, 0.5) is 17.6 Å². The molecule has 1 saturated carbocycles. The van der Waals surface area contributed by atoms with Crippen molar-refractivity contribution >= 4 is 6.08 Å². The van der Waals surface area contributed by atoms with Crippen LogP contribution in [-0.4, -0.2) is 9.97 Å². The fraction of sp³-hybridized carbons (Fsp3) is 0.310. The summed E-state index contributed by atoms with van der Waals surface area (Å²) in [6.07, 6.45) is 14.4. The Morgan fingerprint density at radius 3 is 2.20 bits per heavy atom. The van der Waals surface area contributed by atoms with Crippen molar-refractivity contribution in [3.8, 4) is 11.4 Å². The fourth-order valence-corrected chi connectivity index (χ4v) is 4.58. The van der Waals surface area contributed by atoms with E-state index in [4.69, 9.17) is 0 Å². The smallest absolute Gasteiger partial charge is 0.159 e. The molecule has 0 amide bonds. The second-order valence-electron chi connectivity index (χ2n) is 9.03. The lowest BCUT2D eigenvalue weighted by Crippen LogP contribution is -2.12. The van der Waals surface area contributed by atoms with Gasteiger partial charge in [-0.05, 0) is 85.3 Å². The molecule has 1 aliphatic carbocycles. The molecule has 2 nitrogen and oxygen atoms in total. The summed E-state index contributed by atoms with van der Waals surface area (Å²) in [5, 5.41) is 0. The van der Waals surface area contributed by atoms with Gasteiger partial charge in [-0.2, -0.15) is 0 Å². The molecule has 0 N–H and O–H groups in total. The van der Waals surface area contributed by atoms with E-state index >= 15 is 0 Å². The molecule has 0 radical (unpaired) electrons. The van der Waals surface area contributed by atoms with Gasteiger partial charge in [0, 0.05) is 18.0 Å². The minimum absolute atomic E-state index is 0.294. The number of benzene rings is 2. The molecule has 1 fully saturated rings. The van der Waals surface area contributed by atoms with Crippen molar-refractivity contribution < 1.29 is 17.6 Å². The van der Waals surface area contributed by atoms with Gasteiger partial charge in [-0.3, -0.25) is 0 Å². The molecule has 0 unspecified atom stereocenters. The van der Waals surface area contributed by atoms with E-state index < -0.39 is 23.9 Å².